The van der Waals surface area contributed by atoms with Crippen LogP contribution in [0.15, 0.2) is 30.3 Å². The van der Waals surface area contributed by atoms with Gasteiger partial charge in [-0.2, -0.15) is 0 Å². The highest BCUT2D eigenvalue weighted by molar-refractivity contribution is 5.13. The number of rotatable bonds is 9. The molecule has 2 atom stereocenters. The molecule has 2 nitrogen and oxygen atoms in total. The van der Waals surface area contributed by atoms with Gasteiger partial charge in [0, 0.05) is 7.11 Å². The van der Waals surface area contributed by atoms with Crippen LogP contribution in [0.25, 0.3) is 0 Å². The van der Waals surface area contributed by atoms with Gasteiger partial charge >= 0.3 is 0 Å². The Hall–Kier alpha value is -0.860. The smallest absolute Gasteiger partial charge is 0.0838 e. The van der Waals surface area contributed by atoms with Crippen LogP contribution in [0.3, 0.4) is 0 Å². The monoisotopic (exact) mass is 250 g/mol. The molecule has 0 aliphatic heterocycles. The van der Waals surface area contributed by atoms with E-state index in [-0.39, 0.29) is 12.2 Å². The molecule has 0 bridgehead atoms. The highest BCUT2D eigenvalue weighted by Crippen LogP contribution is 2.15. The maximum Gasteiger partial charge on any atom is 0.0838 e. The molecule has 18 heavy (non-hydrogen) atoms. The first-order valence-electron chi connectivity index (χ1n) is 6.96. The third kappa shape index (κ3) is 5.65. The van der Waals surface area contributed by atoms with E-state index < -0.39 is 0 Å². The number of hydrogen-bond donors (Lipinski definition) is 0. The summed E-state index contributed by atoms with van der Waals surface area (Å²) in [6, 6.07) is 10.3. The van der Waals surface area contributed by atoms with Crippen molar-refractivity contribution in [3.05, 3.63) is 35.9 Å². The van der Waals surface area contributed by atoms with Crippen LogP contribution < -0.4 is 0 Å². The topological polar surface area (TPSA) is 18.5 Å². The zero-order valence-electron chi connectivity index (χ0n) is 11.9. The Bertz CT molecular complexity index is 297. The Kier molecular flexibility index (Phi) is 7.70. The van der Waals surface area contributed by atoms with E-state index in [4.69, 9.17) is 9.47 Å². The van der Waals surface area contributed by atoms with Gasteiger partial charge in [0.1, 0.15) is 0 Å². The van der Waals surface area contributed by atoms with Crippen molar-refractivity contribution in [2.75, 3.05) is 7.11 Å². The fraction of sp³-hybridized carbons (Fsp3) is 0.625. The predicted molar refractivity (Wildman–Crippen MR) is 75.6 cm³/mol. The second-order valence-electron chi connectivity index (χ2n) is 4.77. The average Bonchev–Trinajstić information content (AvgIpc) is 2.43. The highest BCUT2D eigenvalue weighted by Gasteiger charge is 2.17. The standard InChI is InChI=1S/C16H26O2/c1-4-5-7-12-16(14(2)17-3)18-13-15-10-8-6-9-11-15/h6,8-11,14,16H,4-5,7,12-13H2,1-3H3/t14?,16-/m1/s1. The summed E-state index contributed by atoms with van der Waals surface area (Å²) in [4.78, 5) is 0. The van der Waals surface area contributed by atoms with Gasteiger partial charge in [0.05, 0.1) is 18.8 Å². The number of benzene rings is 1. The third-order valence-corrected chi connectivity index (χ3v) is 3.29. The summed E-state index contributed by atoms with van der Waals surface area (Å²) < 4.78 is 11.4. The van der Waals surface area contributed by atoms with Crippen LogP contribution in [-0.4, -0.2) is 19.3 Å². The van der Waals surface area contributed by atoms with Crippen molar-refractivity contribution < 1.29 is 9.47 Å². The van der Waals surface area contributed by atoms with E-state index in [2.05, 4.69) is 26.0 Å². The normalized spacial score (nSPS) is 14.4. The molecule has 0 aliphatic carbocycles. The molecule has 0 heterocycles. The number of unbranched alkanes of at least 4 members (excludes halogenated alkanes) is 2. The van der Waals surface area contributed by atoms with Gasteiger partial charge in [-0.3, -0.25) is 0 Å². The van der Waals surface area contributed by atoms with Crippen LogP contribution in [0.2, 0.25) is 0 Å². The van der Waals surface area contributed by atoms with Gasteiger partial charge in [0.25, 0.3) is 0 Å². The maximum atomic E-state index is 6.00. The van der Waals surface area contributed by atoms with Gasteiger partial charge in [-0.15, -0.1) is 0 Å². The van der Waals surface area contributed by atoms with Crippen molar-refractivity contribution >= 4 is 0 Å². The van der Waals surface area contributed by atoms with E-state index >= 15 is 0 Å². The van der Waals surface area contributed by atoms with Gasteiger partial charge in [0.2, 0.25) is 0 Å². The van der Waals surface area contributed by atoms with E-state index in [0.29, 0.717) is 6.61 Å². The molecule has 2 heteroatoms. The second-order valence-corrected chi connectivity index (χ2v) is 4.77. The summed E-state index contributed by atoms with van der Waals surface area (Å²) in [5.74, 6) is 0. The molecule has 0 aliphatic rings. The molecule has 0 fully saturated rings. The summed E-state index contributed by atoms with van der Waals surface area (Å²) in [7, 11) is 1.75. The summed E-state index contributed by atoms with van der Waals surface area (Å²) in [6.45, 7) is 4.98. The van der Waals surface area contributed by atoms with Crippen LogP contribution in [0, 0.1) is 0 Å². The Morgan fingerprint density at radius 1 is 1.11 bits per heavy atom. The molecule has 1 aromatic carbocycles. The highest BCUT2D eigenvalue weighted by atomic mass is 16.5. The van der Waals surface area contributed by atoms with Gasteiger partial charge < -0.3 is 9.47 Å². The molecule has 0 saturated heterocycles. The van der Waals surface area contributed by atoms with E-state index in [1.165, 1.54) is 24.8 Å². The van der Waals surface area contributed by atoms with Crippen molar-refractivity contribution in [1.82, 2.24) is 0 Å². The van der Waals surface area contributed by atoms with Crippen LogP contribution in [-0.2, 0) is 16.1 Å². The first-order valence-corrected chi connectivity index (χ1v) is 6.96. The molecule has 0 amide bonds. The fourth-order valence-electron chi connectivity index (χ4n) is 1.98. The second kappa shape index (κ2) is 9.12. The van der Waals surface area contributed by atoms with E-state index in [0.717, 1.165) is 6.42 Å². The molecular weight excluding hydrogens is 224 g/mol. The molecule has 102 valence electrons. The van der Waals surface area contributed by atoms with Gasteiger partial charge in [-0.1, -0.05) is 56.5 Å². The van der Waals surface area contributed by atoms with E-state index in [1.807, 2.05) is 18.2 Å². The summed E-state index contributed by atoms with van der Waals surface area (Å²) in [5, 5.41) is 0. The van der Waals surface area contributed by atoms with Crippen LogP contribution in [0.5, 0.6) is 0 Å². The van der Waals surface area contributed by atoms with Crippen LogP contribution in [0.4, 0.5) is 0 Å². The lowest BCUT2D eigenvalue weighted by Gasteiger charge is -2.23. The summed E-state index contributed by atoms with van der Waals surface area (Å²) >= 11 is 0. The average molecular weight is 250 g/mol. The van der Waals surface area contributed by atoms with Gasteiger partial charge in [-0.05, 0) is 18.9 Å². The molecule has 0 aromatic heterocycles. The molecule has 0 saturated carbocycles. The van der Waals surface area contributed by atoms with Gasteiger partial charge in [-0.25, -0.2) is 0 Å². The van der Waals surface area contributed by atoms with E-state index in [1.54, 1.807) is 7.11 Å². The minimum atomic E-state index is 0.158. The fourth-order valence-corrected chi connectivity index (χ4v) is 1.98. The number of hydrogen-bond acceptors (Lipinski definition) is 2. The minimum Gasteiger partial charge on any atom is -0.379 e. The van der Waals surface area contributed by atoms with Gasteiger partial charge in [0.15, 0.2) is 0 Å². The third-order valence-electron chi connectivity index (χ3n) is 3.29. The quantitative estimate of drug-likeness (QED) is 0.612. The van der Waals surface area contributed by atoms with Crippen LogP contribution in [0.1, 0.15) is 45.1 Å². The lowest BCUT2D eigenvalue weighted by Crippen LogP contribution is -2.28. The summed E-state index contributed by atoms with van der Waals surface area (Å²) in [5.41, 5.74) is 1.22. The maximum absolute atomic E-state index is 6.00. The molecule has 1 aromatic rings. The summed E-state index contributed by atoms with van der Waals surface area (Å²) in [6.07, 6.45) is 5.15. The lowest BCUT2D eigenvalue weighted by atomic mass is 10.1. The first kappa shape index (κ1) is 15.2. The largest absolute Gasteiger partial charge is 0.379 e. The minimum absolute atomic E-state index is 0.158. The molecule has 1 rings (SSSR count). The van der Waals surface area contributed by atoms with Crippen molar-refractivity contribution in [2.24, 2.45) is 0 Å². The Morgan fingerprint density at radius 3 is 2.44 bits per heavy atom. The van der Waals surface area contributed by atoms with Crippen molar-refractivity contribution in [3.63, 3.8) is 0 Å². The Morgan fingerprint density at radius 2 is 1.83 bits per heavy atom. The zero-order chi connectivity index (χ0) is 13.2. The zero-order valence-corrected chi connectivity index (χ0v) is 11.9. The number of methoxy groups -OCH3 is 1. The molecular formula is C16H26O2. The lowest BCUT2D eigenvalue weighted by molar-refractivity contribution is -0.0601. The Labute approximate surface area is 111 Å². The molecule has 0 radical (unpaired) electrons. The molecule has 0 spiro atoms. The Balaban J connectivity index is 2.40. The first-order chi connectivity index (χ1) is 8.77. The predicted octanol–water partition coefficient (Wildman–Crippen LogP) is 4.19. The van der Waals surface area contributed by atoms with E-state index in [9.17, 15) is 0 Å². The van der Waals surface area contributed by atoms with Crippen molar-refractivity contribution in [2.45, 2.75) is 58.3 Å². The molecule has 0 N–H and O–H groups in total. The van der Waals surface area contributed by atoms with Crippen molar-refractivity contribution in [3.8, 4) is 0 Å². The SMILES string of the molecule is CCCCC[C@@H](OCc1ccccc1)C(C)OC. The van der Waals surface area contributed by atoms with Crippen LogP contribution >= 0.6 is 0 Å². The molecule has 1 unspecified atom stereocenters. The number of ether oxygens (including phenoxy) is 2. The van der Waals surface area contributed by atoms with Crippen molar-refractivity contribution in [1.29, 1.82) is 0 Å².